The summed E-state index contributed by atoms with van der Waals surface area (Å²) in [5.74, 6) is 1.44. The second-order valence-electron chi connectivity index (χ2n) is 6.94. The molecule has 0 saturated carbocycles. The summed E-state index contributed by atoms with van der Waals surface area (Å²) in [4.78, 5) is 27.2. The van der Waals surface area contributed by atoms with Crippen LogP contribution in [0.2, 0.25) is 0 Å². The van der Waals surface area contributed by atoms with Gasteiger partial charge >= 0.3 is 0 Å². The Labute approximate surface area is 174 Å². The van der Waals surface area contributed by atoms with Crippen molar-refractivity contribution < 1.29 is 9.53 Å². The molecule has 0 spiro atoms. The van der Waals surface area contributed by atoms with E-state index in [9.17, 15) is 4.79 Å². The third-order valence-electron chi connectivity index (χ3n) is 4.82. The largest absolute Gasteiger partial charge is 0.477 e. The van der Waals surface area contributed by atoms with E-state index >= 15 is 0 Å². The van der Waals surface area contributed by atoms with Crippen LogP contribution >= 0.6 is 0 Å². The lowest BCUT2D eigenvalue weighted by atomic mass is 10.1. The Balaban J connectivity index is 1.61. The molecule has 9 heteroatoms. The van der Waals surface area contributed by atoms with E-state index in [1.165, 1.54) is 0 Å². The van der Waals surface area contributed by atoms with Crippen molar-refractivity contribution in [3.8, 4) is 5.75 Å². The topological polar surface area (TPSA) is 118 Å². The van der Waals surface area contributed by atoms with Gasteiger partial charge in [-0.05, 0) is 30.7 Å². The number of ether oxygens (including phenoxy) is 1. The van der Waals surface area contributed by atoms with Crippen LogP contribution in [-0.2, 0) is 11.3 Å². The first-order chi connectivity index (χ1) is 14.5. The van der Waals surface area contributed by atoms with Crippen LogP contribution in [0.4, 0.5) is 23.3 Å². The van der Waals surface area contributed by atoms with Crippen LogP contribution in [0.25, 0.3) is 0 Å². The van der Waals surface area contributed by atoms with Crippen molar-refractivity contribution in [2.75, 3.05) is 29.5 Å². The Hall–Kier alpha value is -3.88. The number of nitrogens with one attached hydrogen (secondary N) is 2. The summed E-state index contributed by atoms with van der Waals surface area (Å²) in [5.41, 5.74) is 8.76. The molecule has 3 aromatic rings. The molecule has 2 aromatic carbocycles. The minimum atomic E-state index is -0.631. The minimum Gasteiger partial charge on any atom is -0.477 e. The Morgan fingerprint density at radius 3 is 2.73 bits per heavy atom. The highest BCUT2D eigenvalue weighted by atomic mass is 16.5. The number of carbonyl (C=O) groups is 1. The number of carbonyl (C=O) groups excluding carboxylic acids is 1. The van der Waals surface area contributed by atoms with Crippen LogP contribution in [0.5, 0.6) is 5.75 Å². The molecule has 1 aliphatic heterocycles. The van der Waals surface area contributed by atoms with Crippen LogP contribution in [0.3, 0.4) is 0 Å². The molecule has 0 aliphatic carbocycles. The zero-order valence-corrected chi connectivity index (χ0v) is 16.8. The average molecular weight is 405 g/mol. The smallest absolute Gasteiger partial charge is 0.262 e. The van der Waals surface area contributed by atoms with E-state index in [2.05, 4.69) is 25.6 Å². The molecular weight excluding hydrogens is 382 g/mol. The van der Waals surface area contributed by atoms with Gasteiger partial charge in [0.2, 0.25) is 11.9 Å². The quantitative estimate of drug-likeness (QED) is 0.590. The van der Waals surface area contributed by atoms with Gasteiger partial charge in [0.1, 0.15) is 5.75 Å². The van der Waals surface area contributed by atoms with Crippen molar-refractivity contribution in [1.82, 2.24) is 20.3 Å². The van der Waals surface area contributed by atoms with E-state index in [0.717, 1.165) is 16.9 Å². The molecule has 0 saturated heterocycles. The normalized spacial score (nSPS) is 15.1. The fourth-order valence-corrected chi connectivity index (χ4v) is 3.32. The Bertz CT molecular complexity index is 1070. The highest BCUT2D eigenvalue weighted by molar-refractivity contribution is 5.83. The van der Waals surface area contributed by atoms with Gasteiger partial charge in [-0.3, -0.25) is 4.79 Å². The van der Waals surface area contributed by atoms with Crippen LogP contribution in [0.15, 0.2) is 48.5 Å². The SMILES string of the molecule is CNC(=O)[C@H]1CN(Cc2nc(N)nc(Nc3ccccc3C)n2)c2ccccc2O1. The Morgan fingerprint density at radius 1 is 1.17 bits per heavy atom. The van der Waals surface area contributed by atoms with E-state index in [-0.39, 0.29) is 11.9 Å². The first kappa shape index (κ1) is 19.4. The molecule has 0 bridgehead atoms. The van der Waals surface area contributed by atoms with E-state index in [1.54, 1.807) is 7.05 Å². The van der Waals surface area contributed by atoms with Crippen LogP contribution < -0.4 is 26.0 Å². The molecule has 4 N–H and O–H groups in total. The van der Waals surface area contributed by atoms with Gasteiger partial charge in [0.05, 0.1) is 18.8 Å². The molecule has 9 nitrogen and oxygen atoms in total. The number of nitrogen functional groups attached to an aromatic ring is 1. The number of nitrogens with zero attached hydrogens (tertiary/aromatic N) is 4. The van der Waals surface area contributed by atoms with Gasteiger partial charge in [0.15, 0.2) is 11.9 Å². The van der Waals surface area contributed by atoms with Crippen molar-refractivity contribution in [2.45, 2.75) is 19.6 Å². The van der Waals surface area contributed by atoms with Gasteiger partial charge in [-0.1, -0.05) is 30.3 Å². The van der Waals surface area contributed by atoms with Gasteiger partial charge < -0.3 is 26.0 Å². The molecule has 0 radical (unpaired) electrons. The summed E-state index contributed by atoms with van der Waals surface area (Å²) >= 11 is 0. The molecule has 30 heavy (non-hydrogen) atoms. The second-order valence-corrected chi connectivity index (χ2v) is 6.94. The standard InChI is InChI=1S/C21H23N7O2/c1-13-7-3-4-8-14(13)24-21-26-18(25-20(22)27-21)12-28-11-17(19(29)23-2)30-16-10-6-5-9-15(16)28/h3-10,17H,11-12H2,1-2H3,(H,23,29)(H3,22,24,25,26,27)/t17-/m1/s1. The summed E-state index contributed by atoms with van der Waals surface area (Å²) in [7, 11) is 1.59. The molecular formula is C21H23N7O2. The van der Waals surface area contributed by atoms with Crippen LogP contribution in [-0.4, -0.2) is 40.6 Å². The number of hydrogen-bond acceptors (Lipinski definition) is 8. The molecule has 154 valence electrons. The third kappa shape index (κ3) is 4.09. The Morgan fingerprint density at radius 2 is 1.93 bits per heavy atom. The summed E-state index contributed by atoms with van der Waals surface area (Å²) < 4.78 is 5.85. The number of hydrogen-bond donors (Lipinski definition) is 3. The molecule has 1 atom stereocenters. The van der Waals surface area contributed by atoms with Crippen molar-refractivity contribution >= 4 is 29.2 Å². The van der Waals surface area contributed by atoms with Crippen LogP contribution in [0, 0.1) is 6.92 Å². The number of anilines is 4. The molecule has 0 unspecified atom stereocenters. The maximum Gasteiger partial charge on any atom is 0.262 e. The van der Waals surface area contributed by atoms with E-state index in [1.807, 2.05) is 60.4 Å². The second kappa shape index (κ2) is 8.24. The Kier molecular flexibility index (Phi) is 5.34. The minimum absolute atomic E-state index is 0.125. The lowest BCUT2D eigenvalue weighted by molar-refractivity contribution is -0.127. The lowest BCUT2D eigenvalue weighted by Crippen LogP contribution is -2.48. The molecule has 1 aliphatic rings. The molecule has 0 fully saturated rings. The number of rotatable bonds is 5. The van der Waals surface area contributed by atoms with Gasteiger partial charge in [0.25, 0.3) is 5.91 Å². The first-order valence-electron chi connectivity index (χ1n) is 9.59. The fourth-order valence-electron chi connectivity index (χ4n) is 3.32. The van der Waals surface area contributed by atoms with Crippen LogP contribution in [0.1, 0.15) is 11.4 Å². The number of benzene rings is 2. The number of para-hydroxylation sites is 3. The predicted molar refractivity (Wildman–Crippen MR) is 115 cm³/mol. The van der Waals surface area contributed by atoms with Crippen molar-refractivity contribution in [3.05, 3.63) is 59.9 Å². The zero-order chi connectivity index (χ0) is 21.1. The zero-order valence-electron chi connectivity index (χ0n) is 16.8. The van der Waals surface area contributed by atoms with Crippen molar-refractivity contribution in [2.24, 2.45) is 0 Å². The summed E-state index contributed by atoms with van der Waals surface area (Å²) in [5, 5.41) is 5.84. The summed E-state index contributed by atoms with van der Waals surface area (Å²) in [6, 6.07) is 15.4. The summed E-state index contributed by atoms with van der Waals surface area (Å²) in [6.07, 6.45) is -0.631. The fraction of sp³-hybridized carbons (Fsp3) is 0.238. The van der Waals surface area contributed by atoms with E-state index < -0.39 is 6.10 Å². The molecule has 1 amide bonds. The van der Waals surface area contributed by atoms with Crippen molar-refractivity contribution in [1.29, 1.82) is 0 Å². The summed E-state index contributed by atoms with van der Waals surface area (Å²) in [6.45, 7) is 2.71. The van der Waals surface area contributed by atoms with E-state index in [4.69, 9.17) is 10.5 Å². The monoisotopic (exact) mass is 405 g/mol. The van der Waals surface area contributed by atoms with Gasteiger partial charge in [-0.15, -0.1) is 0 Å². The highest BCUT2D eigenvalue weighted by Gasteiger charge is 2.30. The number of aromatic nitrogens is 3. The number of aryl methyl sites for hydroxylation is 1. The molecule has 1 aromatic heterocycles. The molecule has 4 rings (SSSR count). The van der Waals surface area contributed by atoms with Gasteiger partial charge in [0, 0.05) is 12.7 Å². The number of amides is 1. The van der Waals surface area contributed by atoms with Gasteiger partial charge in [-0.2, -0.15) is 15.0 Å². The first-order valence-corrected chi connectivity index (χ1v) is 9.59. The average Bonchev–Trinajstić information content (AvgIpc) is 2.74. The van der Waals surface area contributed by atoms with Crippen molar-refractivity contribution in [3.63, 3.8) is 0 Å². The number of fused-ring (bicyclic) bond motifs is 1. The highest BCUT2D eigenvalue weighted by Crippen LogP contribution is 2.34. The number of likely N-dealkylation sites (N-methyl/N-ethyl adjacent to an activating group) is 1. The maximum absolute atomic E-state index is 12.2. The maximum atomic E-state index is 12.2. The molecule has 2 heterocycles. The predicted octanol–water partition coefficient (Wildman–Crippen LogP) is 2.02. The third-order valence-corrected chi connectivity index (χ3v) is 4.82. The number of nitrogens with two attached hydrogens (primary N) is 1. The van der Waals surface area contributed by atoms with Gasteiger partial charge in [-0.25, -0.2) is 0 Å². The lowest BCUT2D eigenvalue weighted by Gasteiger charge is -2.35. The van der Waals surface area contributed by atoms with E-state index in [0.29, 0.717) is 30.6 Å².